The van der Waals surface area contributed by atoms with Gasteiger partial charge in [0.15, 0.2) is 0 Å². The SMILES string of the molecule is FC(F)(F)c1[c]ccc(N2C3CCCC2CC3)c1. The lowest BCUT2D eigenvalue weighted by atomic mass is 10.0. The highest BCUT2D eigenvalue weighted by Gasteiger charge is 2.38. The summed E-state index contributed by atoms with van der Waals surface area (Å²) in [6.07, 6.45) is 1.35. The lowest BCUT2D eigenvalue weighted by Gasteiger charge is -2.37. The van der Waals surface area contributed by atoms with E-state index >= 15 is 0 Å². The minimum Gasteiger partial charge on any atom is -0.366 e. The molecule has 97 valence electrons. The van der Waals surface area contributed by atoms with E-state index in [1.807, 2.05) is 0 Å². The zero-order chi connectivity index (χ0) is 12.8. The Balaban J connectivity index is 1.93. The number of benzene rings is 1. The first-order valence-electron chi connectivity index (χ1n) is 6.43. The fourth-order valence-electron chi connectivity index (χ4n) is 3.32. The fraction of sp³-hybridized carbons (Fsp3) is 0.571. The van der Waals surface area contributed by atoms with Crippen LogP contribution in [0.3, 0.4) is 0 Å². The Bertz CT molecular complexity index is 425. The first kappa shape index (κ1) is 11.9. The number of hydrogen-bond donors (Lipinski definition) is 0. The van der Waals surface area contributed by atoms with Gasteiger partial charge in [0, 0.05) is 17.8 Å². The Kier molecular flexibility index (Phi) is 2.76. The summed E-state index contributed by atoms with van der Waals surface area (Å²) in [5.41, 5.74) is 0.0539. The lowest BCUT2D eigenvalue weighted by Crippen LogP contribution is -2.39. The van der Waals surface area contributed by atoms with Crippen LogP contribution < -0.4 is 4.90 Å². The highest BCUT2D eigenvalue weighted by atomic mass is 19.4. The predicted molar refractivity (Wildman–Crippen MR) is 63.4 cm³/mol. The van der Waals surface area contributed by atoms with Gasteiger partial charge in [-0.15, -0.1) is 0 Å². The molecule has 2 fully saturated rings. The third-order valence-corrected chi connectivity index (χ3v) is 4.08. The summed E-state index contributed by atoms with van der Waals surface area (Å²) in [5.74, 6) is 0. The second kappa shape index (κ2) is 4.18. The second-order valence-corrected chi connectivity index (χ2v) is 5.18. The Morgan fingerprint density at radius 2 is 1.78 bits per heavy atom. The smallest absolute Gasteiger partial charge is 0.366 e. The maximum atomic E-state index is 12.7. The van der Waals surface area contributed by atoms with Gasteiger partial charge in [0.05, 0.1) is 5.56 Å². The van der Waals surface area contributed by atoms with Gasteiger partial charge in [-0.1, -0.05) is 6.07 Å². The minimum absolute atomic E-state index is 0.437. The summed E-state index contributed by atoms with van der Waals surface area (Å²) in [6.45, 7) is 0. The van der Waals surface area contributed by atoms with Crippen LogP contribution in [0.15, 0.2) is 18.2 Å². The molecule has 1 radical (unpaired) electrons. The van der Waals surface area contributed by atoms with Crippen molar-refractivity contribution in [2.24, 2.45) is 0 Å². The molecule has 1 aromatic rings. The van der Waals surface area contributed by atoms with E-state index in [0.29, 0.717) is 17.8 Å². The maximum absolute atomic E-state index is 12.7. The van der Waals surface area contributed by atoms with Gasteiger partial charge in [0.2, 0.25) is 0 Å². The standard InChI is InChI=1S/C14H15F3N/c15-14(16,17)10-3-1-6-13(9-10)18-11-4-2-5-12(18)8-7-11/h1,6,9,11-12H,2,4-5,7-8H2. The van der Waals surface area contributed by atoms with E-state index in [0.717, 1.165) is 25.7 Å². The Morgan fingerprint density at radius 3 is 2.39 bits per heavy atom. The van der Waals surface area contributed by atoms with Crippen LogP contribution in [0.2, 0.25) is 0 Å². The van der Waals surface area contributed by atoms with Crippen molar-refractivity contribution in [3.63, 3.8) is 0 Å². The molecule has 2 unspecified atom stereocenters. The first-order chi connectivity index (χ1) is 8.55. The Hall–Kier alpha value is -1.19. The molecule has 1 nitrogen and oxygen atoms in total. The normalized spacial score (nSPS) is 27.6. The molecule has 0 saturated carbocycles. The number of alkyl halides is 3. The number of hydrogen-bond acceptors (Lipinski definition) is 1. The average molecular weight is 254 g/mol. The number of piperidine rings is 1. The molecule has 2 heterocycles. The van der Waals surface area contributed by atoms with Gasteiger partial charge in [-0.2, -0.15) is 13.2 Å². The van der Waals surface area contributed by atoms with Crippen LogP contribution >= 0.6 is 0 Å². The summed E-state index contributed by atoms with van der Waals surface area (Å²) in [7, 11) is 0. The van der Waals surface area contributed by atoms with Crippen LogP contribution in [-0.4, -0.2) is 12.1 Å². The largest absolute Gasteiger partial charge is 0.417 e. The highest BCUT2D eigenvalue weighted by molar-refractivity contribution is 5.52. The lowest BCUT2D eigenvalue weighted by molar-refractivity contribution is -0.137. The van der Waals surface area contributed by atoms with Gasteiger partial charge in [0.1, 0.15) is 0 Å². The summed E-state index contributed by atoms with van der Waals surface area (Å²) in [5, 5.41) is 0. The molecule has 2 atom stereocenters. The zero-order valence-electron chi connectivity index (χ0n) is 10.0. The van der Waals surface area contributed by atoms with Crippen LogP contribution in [0.25, 0.3) is 0 Å². The van der Waals surface area contributed by atoms with Crippen molar-refractivity contribution in [3.8, 4) is 0 Å². The van der Waals surface area contributed by atoms with Gasteiger partial charge in [-0.05, 0) is 50.3 Å². The monoisotopic (exact) mass is 254 g/mol. The van der Waals surface area contributed by atoms with E-state index < -0.39 is 11.7 Å². The van der Waals surface area contributed by atoms with Crippen LogP contribution in [0.5, 0.6) is 0 Å². The number of nitrogens with zero attached hydrogens (tertiary/aromatic N) is 1. The summed E-state index contributed by atoms with van der Waals surface area (Å²) in [6, 6.07) is 7.56. The fourth-order valence-corrected chi connectivity index (χ4v) is 3.32. The molecule has 0 aliphatic carbocycles. The predicted octanol–water partition coefficient (Wildman–Crippen LogP) is 4.03. The summed E-state index contributed by atoms with van der Waals surface area (Å²) < 4.78 is 38.1. The van der Waals surface area contributed by atoms with Crippen LogP contribution in [-0.2, 0) is 6.18 Å². The number of fused-ring (bicyclic) bond motifs is 2. The first-order valence-corrected chi connectivity index (χ1v) is 6.43. The minimum atomic E-state index is -4.30. The van der Waals surface area contributed by atoms with Gasteiger partial charge in [0.25, 0.3) is 0 Å². The van der Waals surface area contributed by atoms with Crippen molar-refractivity contribution >= 4 is 5.69 Å². The molecule has 0 amide bonds. The van der Waals surface area contributed by atoms with Gasteiger partial charge >= 0.3 is 6.18 Å². The van der Waals surface area contributed by atoms with Crippen LogP contribution in [0.1, 0.15) is 37.7 Å². The van der Waals surface area contributed by atoms with E-state index in [9.17, 15) is 13.2 Å². The average Bonchev–Trinajstić information content (AvgIpc) is 2.58. The van der Waals surface area contributed by atoms with E-state index in [-0.39, 0.29) is 0 Å². The number of anilines is 1. The molecule has 4 heteroatoms. The molecule has 0 aromatic heterocycles. The maximum Gasteiger partial charge on any atom is 0.417 e. The van der Waals surface area contributed by atoms with E-state index in [4.69, 9.17) is 0 Å². The molecular formula is C14H15F3N. The number of rotatable bonds is 1. The van der Waals surface area contributed by atoms with E-state index in [1.54, 1.807) is 6.07 Å². The van der Waals surface area contributed by atoms with E-state index in [2.05, 4.69) is 11.0 Å². The van der Waals surface area contributed by atoms with Gasteiger partial charge in [-0.25, -0.2) is 0 Å². The highest BCUT2D eigenvalue weighted by Crippen LogP contribution is 2.40. The van der Waals surface area contributed by atoms with Crippen LogP contribution in [0.4, 0.5) is 18.9 Å². The molecule has 2 saturated heterocycles. The van der Waals surface area contributed by atoms with Crippen molar-refractivity contribution in [3.05, 3.63) is 29.8 Å². The topological polar surface area (TPSA) is 3.24 Å². The van der Waals surface area contributed by atoms with Crippen molar-refractivity contribution in [1.29, 1.82) is 0 Å². The zero-order valence-corrected chi connectivity index (χ0v) is 10.0. The molecule has 1 aromatic carbocycles. The molecule has 2 aliphatic heterocycles. The van der Waals surface area contributed by atoms with Gasteiger partial charge in [-0.3, -0.25) is 0 Å². The summed E-state index contributed by atoms with van der Waals surface area (Å²) >= 11 is 0. The molecule has 0 spiro atoms. The Morgan fingerprint density at radius 1 is 1.11 bits per heavy atom. The summed E-state index contributed by atoms with van der Waals surface area (Å²) in [4.78, 5) is 2.20. The van der Waals surface area contributed by atoms with Gasteiger partial charge < -0.3 is 4.90 Å². The molecule has 2 bridgehead atoms. The molecule has 0 N–H and O–H groups in total. The van der Waals surface area contributed by atoms with Crippen molar-refractivity contribution in [2.75, 3.05) is 4.90 Å². The Labute approximate surface area is 105 Å². The molecule has 3 rings (SSSR count). The van der Waals surface area contributed by atoms with Crippen molar-refractivity contribution < 1.29 is 13.2 Å². The number of halogens is 3. The molecule has 2 aliphatic rings. The third-order valence-electron chi connectivity index (χ3n) is 4.08. The third kappa shape index (κ3) is 1.98. The van der Waals surface area contributed by atoms with E-state index in [1.165, 1.54) is 18.6 Å². The quantitative estimate of drug-likeness (QED) is 0.731. The van der Waals surface area contributed by atoms with Crippen molar-refractivity contribution in [1.82, 2.24) is 0 Å². The van der Waals surface area contributed by atoms with Crippen LogP contribution in [0, 0.1) is 6.07 Å². The van der Waals surface area contributed by atoms with Crippen molar-refractivity contribution in [2.45, 2.75) is 50.4 Å². The molecule has 18 heavy (non-hydrogen) atoms. The second-order valence-electron chi connectivity index (χ2n) is 5.18. The molecular weight excluding hydrogens is 239 g/mol.